The first-order valence-corrected chi connectivity index (χ1v) is 5.06. The summed E-state index contributed by atoms with van der Waals surface area (Å²) in [6, 6.07) is 0. The zero-order valence-electron chi connectivity index (χ0n) is 9.63. The van der Waals surface area contributed by atoms with Gasteiger partial charge in [0.15, 0.2) is 0 Å². The monoisotopic (exact) mass is 201 g/mol. The first-order valence-electron chi connectivity index (χ1n) is 5.06. The van der Waals surface area contributed by atoms with Crippen molar-refractivity contribution in [3.63, 3.8) is 0 Å². The summed E-state index contributed by atoms with van der Waals surface area (Å²) in [4.78, 5) is 11.0. The van der Waals surface area contributed by atoms with Crippen LogP contribution in [-0.2, 0) is 4.79 Å². The van der Waals surface area contributed by atoms with Crippen LogP contribution >= 0.6 is 0 Å². The van der Waals surface area contributed by atoms with E-state index >= 15 is 0 Å². The van der Waals surface area contributed by atoms with Gasteiger partial charge in [-0.1, -0.05) is 13.8 Å². The Hall–Kier alpha value is -0.610. The molecule has 0 aliphatic carbocycles. The van der Waals surface area contributed by atoms with Crippen LogP contribution in [0.2, 0.25) is 0 Å². The van der Waals surface area contributed by atoms with E-state index in [2.05, 4.69) is 19.2 Å². The second kappa shape index (κ2) is 5.32. The van der Waals surface area contributed by atoms with Crippen molar-refractivity contribution >= 4 is 5.91 Å². The predicted molar refractivity (Wildman–Crippen MR) is 58.7 cm³/mol. The van der Waals surface area contributed by atoms with Crippen LogP contribution in [0.15, 0.2) is 0 Å². The quantitative estimate of drug-likeness (QED) is 0.569. The van der Waals surface area contributed by atoms with E-state index in [4.69, 9.17) is 11.5 Å². The highest BCUT2D eigenvalue weighted by Gasteiger charge is 2.25. The van der Waals surface area contributed by atoms with Crippen molar-refractivity contribution in [2.24, 2.45) is 23.3 Å². The van der Waals surface area contributed by atoms with E-state index in [1.807, 2.05) is 0 Å². The fourth-order valence-electron chi connectivity index (χ4n) is 1.06. The van der Waals surface area contributed by atoms with Crippen LogP contribution in [0, 0.1) is 11.8 Å². The molecule has 14 heavy (non-hydrogen) atoms. The minimum Gasteiger partial charge on any atom is -0.368 e. The van der Waals surface area contributed by atoms with Gasteiger partial charge in [-0.3, -0.25) is 4.79 Å². The summed E-state index contributed by atoms with van der Waals surface area (Å²) in [7, 11) is 0. The molecule has 0 rings (SSSR count). The van der Waals surface area contributed by atoms with Crippen LogP contribution in [0.25, 0.3) is 0 Å². The Balaban J connectivity index is 4.09. The van der Waals surface area contributed by atoms with Crippen molar-refractivity contribution < 1.29 is 4.79 Å². The summed E-state index contributed by atoms with van der Waals surface area (Å²) in [5.41, 5.74) is 10.2. The Morgan fingerprint density at radius 3 is 2.21 bits per heavy atom. The van der Waals surface area contributed by atoms with Gasteiger partial charge in [-0.25, -0.2) is 0 Å². The third-order valence-corrected chi connectivity index (χ3v) is 2.67. The van der Waals surface area contributed by atoms with Crippen molar-refractivity contribution in [2.75, 3.05) is 13.1 Å². The molecule has 1 amide bonds. The zero-order valence-corrected chi connectivity index (χ0v) is 9.63. The average molecular weight is 201 g/mol. The van der Waals surface area contributed by atoms with Gasteiger partial charge in [-0.05, 0) is 32.2 Å². The molecule has 1 atom stereocenters. The number of nitrogens with one attached hydrogen (secondary N) is 1. The van der Waals surface area contributed by atoms with Crippen LogP contribution < -0.4 is 16.8 Å². The summed E-state index contributed by atoms with van der Waals surface area (Å²) in [5.74, 6) is 0.557. The second-order valence-corrected chi connectivity index (χ2v) is 4.61. The van der Waals surface area contributed by atoms with Gasteiger partial charge in [-0.15, -0.1) is 0 Å². The number of carbonyl (C=O) groups excluding carboxylic acids is 1. The van der Waals surface area contributed by atoms with Gasteiger partial charge in [0.1, 0.15) is 0 Å². The summed E-state index contributed by atoms with van der Waals surface area (Å²) in [5, 5.41) is 3.14. The topological polar surface area (TPSA) is 81.1 Å². The normalized spacial score (nSPS) is 14.4. The lowest BCUT2D eigenvalue weighted by atomic mass is 9.94. The molecule has 0 saturated carbocycles. The molecule has 0 spiro atoms. The Morgan fingerprint density at radius 1 is 1.43 bits per heavy atom. The van der Waals surface area contributed by atoms with E-state index in [0.29, 0.717) is 18.4 Å². The molecule has 5 N–H and O–H groups in total. The number of amides is 1. The Kier molecular flexibility index (Phi) is 5.08. The third-order valence-electron chi connectivity index (χ3n) is 2.67. The fourth-order valence-corrected chi connectivity index (χ4v) is 1.06. The van der Waals surface area contributed by atoms with Gasteiger partial charge in [0.2, 0.25) is 5.91 Å². The van der Waals surface area contributed by atoms with Crippen molar-refractivity contribution in [1.82, 2.24) is 5.32 Å². The van der Waals surface area contributed by atoms with Crippen LogP contribution in [0.1, 0.15) is 27.7 Å². The van der Waals surface area contributed by atoms with E-state index < -0.39 is 5.54 Å². The Bertz CT molecular complexity index is 190. The van der Waals surface area contributed by atoms with Gasteiger partial charge < -0.3 is 16.8 Å². The molecule has 0 bridgehead atoms. The number of rotatable bonds is 6. The molecule has 1 unspecified atom stereocenters. The Morgan fingerprint density at radius 2 is 1.93 bits per heavy atom. The fraction of sp³-hybridized carbons (Fsp3) is 0.900. The molecule has 4 heteroatoms. The maximum absolute atomic E-state index is 11.0. The molecule has 0 saturated heterocycles. The van der Waals surface area contributed by atoms with Crippen molar-refractivity contribution in [3.05, 3.63) is 0 Å². The second-order valence-electron chi connectivity index (χ2n) is 4.61. The number of carbonyl (C=O) groups is 1. The third kappa shape index (κ3) is 4.07. The van der Waals surface area contributed by atoms with E-state index in [1.54, 1.807) is 13.8 Å². The van der Waals surface area contributed by atoms with Gasteiger partial charge in [-0.2, -0.15) is 0 Å². The SMILES string of the molecule is CC(C)C(CN)CNC(C)(C)C(N)=O. The highest BCUT2D eigenvalue weighted by Crippen LogP contribution is 2.10. The minimum atomic E-state index is -0.650. The molecule has 0 radical (unpaired) electrons. The minimum absolute atomic E-state index is 0.336. The van der Waals surface area contributed by atoms with Crippen molar-refractivity contribution in [2.45, 2.75) is 33.2 Å². The van der Waals surface area contributed by atoms with E-state index in [-0.39, 0.29) is 5.91 Å². The van der Waals surface area contributed by atoms with Gasteiger partial charge in [0.25, 0.3) is 0 Å². The molecule has 0 aromatic rings. The first kappa shape index (κ1) is 13.4. The zero-order chi connectivity index (χ0) is 11.4. The lowest BCUT2D eigenvalue weighted by Crippen LogP contribution is -2.52. The maximum atomic E-state index is 11.0. The summed E-state index contributed by atoms with van der Waals surface area (Å²) in [6.07, 6.45) is 0. The summed E-state index contributed by atoms with van der Waals surface area (Å²) in [6.45, 7) is 9.16. The largest absolute Gasteiger partial charge is 0.368 e. The molecule has 84 valence electrons. The van der Waals surface area contributed by atoms with Crippen LogP contribution in [-0.4, -0.2) is 24.5 Å². The van der Waals surface area contributed by atoms with E-state index in [0.717, 1.165) is 6.54 Å². The van der Waals surface area contributed by atoms with Crippen molar-refractivity contribution in [3.8, 4) is 0 Å². The number of nitrogens with two attached hydrogens (primary N) is 2. The van der Waals surface area contributed by atoms with E-state index in [1.165, 1.54) is 0 Å². The predicted octanol–water partition coefficient (Wildman–Crippen LogP) is 0.0708. The molecule has 0 aliphatic rings. The molecular formula is C10H23N3O. The van der Waals surface area contributed by atoms with Gasteiger partial charge in [0.05, 0.1) is 5.54 Å². The molecule has 0 aromatic carbocycles. The highest BCUT2D eigenvalue weighted by atomic mass is 16.1. The molecule has 0 aliphatic heterocycles. The van der Waals surface area contributed by atoms with Gasteiger partial charge >= 0.3 is 0 Å². The lowest BCUT2D eigenvalue weighted by Gasteiger charge is -2.27. The van der Waals surface area contributed by atoms with Gasteiger partial charge in [0, 0.05) is 6.54 Å². The standard InChI is InChI=1S/C10H23N3O/c1-7(2)8(5-11)6-13-10(3,4)9(12)14/h7-8,13H,5-6,11H2,1-4H3,(H2,12,14). The number of hydrogen-bond acceptors (Lipinski definition) is 3. The van der Waals surface area contributed by atoms with Crippen molar-refractivity contribution in [1.29, 1.82) is 0 Å². The maximum Gasteiger partial charge on any atom is 0.237 e. The van der Waals surface area contributed by atoms with Crippen LogP contribution in [0.4, 0.5) is 0 Å². The molecule has 0 aromatic heterocycles. The average Bonchev–Trinajstić information content (AvgIpc) is 2.04. The molecular weight excluding hydrogens is 178 g/mol. The summed E-state index contributed by atoms with van der Waals surface area (Å²) < 4.78 is 0. The Labute approximate surface area is 86.4 Å². The molecule has 0 heterocycles. The highest BCUT2D eigenvalue weighted by molar-refractivity contribution is 5.83. The summed E-state index contributed by atoms with van der Waals surface area (Å²) >= 11 is 0. The number of primary amides is 1. The number of hydrogen-bond donors (Lipinski definition) is 3. The smallest absolute Gasteiger partial charge is 0.237 e. The van der Waals surface area contributed by atoms with Crippen LogP contribution in [0.3, 0.4) is 0 Å². The van der Waals surface area contributed by atoms with E-state index in [9.17, 15) is 4.79 Å². The molecule has 4 nitrogen and oxygen atoms in total. The molecule has 0 fully saturated rings. The lowest BCUT2D eigenvalue weighted by molar-refractivity contribution is -0.123. The van der Waals surface area contributed by atoms with Crippen LogP contribution in [0.5, 0.6) is 0 Å². The first-order chi connectivity index (χ1) is 6.31.